The van der Waals surface area contributed by atoms with Crippen LogP contribution in [0, 0.1) is 17.1 Å². The molecule has 2 N–H and O–H groups in total. The van der Waals surface area contributed by atoms with E-state index >= 15 is 0 Å². The van der Waals surface area contributed by atoms with E-state index in [9.17, 15) is 9.65 Å². The SMILES string of the molecule is COc1cccc(C#N)c1-n1c(N)nc2c(F)cccc21. The molecule has 0 spiro atoms. The van der Waals surface area contributed by atoms with Crippen molar-refractivity contribution in [2.45, 2.75) is 0 Å². The summed E-state index contributed by atoms with van der Waals surface area (Å²) in [5, 5.41) is 9.30. The molecule has 0 fully saturated rings. The minimum Gasteiger partial charge on any atom is -0.495 e. The van der Waals surface area contributed by atoms with E-state index in [4.69, 9.17) is 10.5 Å². The molecular formula is C15H11FN4O. The number of hydrogen-bond donors (Lipinski definition) is 1. The number of anilines is 1. The molecule has 2 aromatic carbocycles. The Morgan fingerprint density at radius 1 is 1.29 bits per heavy atom. The van der Waals surface area contributed by atoms with Gasteiger partial charge in [-0.25, -0.2) is 9.37 Å². The lowest BCUT2D eigenvalue weighted by Crippen LogP contribution is -2.05. The topological polar surface area (TPSA) is 76.9 Å². The second kappa shape index (κ2) is 4.80. The maximum atomic E-state index is 13.8. The third-order valence-corrected chi connectivity index (χ3v) is 3.22. The van der Waals surface area contributed by atoms with Crippen LogP contribution in [0.5, 0.6) is 5.75 Å². The fourth-order valence-corrected chi connectivity index (χ4v) is 2.33. The van der Waals surface area contributed by atoms with E-state index in [0.717, 1.165) is 0 Å². The Balaban J connectivity index is 2.45. The molecule has 0 radical (unpaired) electrons. The Bertz CT molecular complexity index is 879. The molecule has 5 nitrogen and oxygen atoms in total. The summed E-state index contributed by atoms with van der Waals surface area (Å²) in [6.45, 7) is 0. The summed E-state index contributed by atoms with van der Waals surface area (Å²) in [4.78, 5) is 4.04. The Morgan fingerprint density at radius 2 is 2.05 bits per heavy atom. The standard InChI is InChI=1S/C15H11FN4O/c1-21-12-7-2-4-9(8-17)14(12)20-11-6-3-5-10(16)13(11)19-15(20)18/h2-7H,1H3,(H2,18,19). The molecule has 0 aliphatic heterocycles. The molecule has 21 heavy (non-hydrogen) atoms. The van der Waals surface area contributed by atoms with Gasteiger partial charge in [-0.15, -0.1) is 0 Å². The van der Waals surface area contributed by atoms with Crippen molar-refractivity contribution >= 4 is 17.0 Å². The van der Waals surface area contributed by atoms with Crippen molar-refractivity contribution in [2.75, 3.05) is 12.8 Å². The lowest BCUT2D eigenvalue weighted by atomic mass is 10.1. The van der Waals surface area contributed by atoms with Gasteiger partial charge in [0.25, 0.3) is 0 Å². The highest BCUT2D eigenvalue weighted by molar-refractivity contribution is 5.83. The molecule has 0 saturated carbocycles. The van der Waals surface area contributed by atoms with Gasteiger partial charge in [-0.1, -0.05) is 12.1 Å². The number of ether oxygens (including phenoxy) is 1. The molecule has 0 atom stereocenters. The zero-order chi connectivity index (χ0) is 15.0. The monoisotopic (exact) mass is 282 g/mol. The Morgan fingerprint density at radius 3 is 2.76 bits per heavy atom. The van der Waals surface area contributed by atoms with Crippen molar-refractivity contribution in [3.05, 3.63) is 47.8 Å². The molecule has 3 aromatic rings. The van der Waals surface area contributed by atoms with Crippen molar-refractivity contribution in [1.82, 2.24) is 9.55 Å². The fraction of sp³-hybridized carbons (Fsp3) is 0.0667. The van der Waals surface area contributed by atoms with Gasteiger partial charge in [0, 0.05) is 0 Å². The molecule has 6 heteroatoms. The highest BCUT2D eigenvalue weighted by atomic mass is 19.1. The summed E-state index contributed by atoms with van der Waals surface area (Å²) >= 11 is 0. The minimum absolute atomic E-state index is 0.0936. The summed E-state index contributed by atoms with van der Waals surface area (Å²) in [6, 6.07) is 11.7. The summed E-state index contributed by atoms with van der Waals surface area (Å²) in [5.74, 6) is 0.0896. The number of hydrogen-bond acceptors (Lipinski definition) is 4. The smallest absolute Gasteiger partial charge is 0.206 e. The highest BCUT2D eigenvalue weighted by Gasteiger charge is 2.19. The number of halogens is 1. The lowest BCUT2D eigenvalue weighted by Gasteiger charge is -2.13. The van der Waals surface area contributed by atoms with Crippen LogP contribution in [-0.4, -0.2) is 16.7 Å². The van der Waals surface area contributed by atoms with Gasteiger partial charge in [0.2, 0.25) is 5.95 Å². The van der Waals surface area contributed by atoms with Crippen LogP contribution in [0.15, 0.2) is 36.4 Å². The predicted molar refractivity (Wildman–Crippen MR) is 76.7 cm³/mol. The van der Waals surface area contributed by atoms with Crippen molar-refractivity contribution in [1.29, 1.82) is 5.26 Å². The van der Waals surface area contributed by atoms with Gasteiger partial charge in [0.05, 0.1) is 18.2 Å². The van der Waals surface area contributed by atoms with Crippen LogP contribution >= 0.6 is 0 Å². The van der Waals surface area contributed by atoms with Gasteiger partial charge >= 0.3 is 0 Å². The maximum Gasteiger partial charge on any atom is 0.206 e. The van der Waals surface area contributed by atoms with Crippen LogP contribution in [0.25, 0.3) is 16.7 Å². The van der Waals surface area contributed by atoms with Gasteiger partial charge in [0.1, 0.15) is 23.0 Å². The number of fused-ring (bicyclic) bond motifs is 1. The second-order valence-electron chi connectivity index (χ2n) is 4.38. The normalized spacial score (nSPS) is 10.5. The molecular weight excluding hydrogens is 271 g/mol. The van der Waals surface area contributed by atoms with Crippen LogP contribution in [0.4, 0.5) is 10.3 Å². The van der Waals surface area contributed by atoms with Crippen LogP contribution < -0.4 is 10.5 Å². The molecule has 0 unspecified atom stereocenters. The van der Waals surface area contributed by atoms with Gasteiger partial charge < -0.3 is 10.5 Å². The first-order valence-electron chi connectivity index (χ1n) is 6.17. The van der Waals surface area contributed by atoms with Crippen molar-refractivity contribution in [2.24, 2.45) is 0 Å². The minimum atomic E-state index is -0.466. The molecule has 0 saturated heterocycles. The van der Waals surface area contributed by atoms with Crippen LogP contribution in [0.3, 0.4) is 0 Å². The quantitative estimate of drug-likeness (QED) is 0.783. The molecule has 0 bridgehead atoms. The van der Waals surface area contributed by atoms with Crippen LogP contribution in [0.1, 0.15) is 5.56 Å². The van der Waals surface area contributed by atoms with Gasteiger partial charge in [-0.05, 0) is 24.3 Å². The highest BCUT2D eigenvalue weighted by Crippen LogP contribution is 2.32. The molecule has 1 aromatic heterocycles. The maximum absolute atomic E-state index is 13.8. The molecule has 104 valence electrons. The average molecular weight is 282 g/mol. The van der Waals surface area contributed by atoms with Gasteiger partial charge in [0.15, 0.2) is 5.82 Å². The van der Waals surface area contributed by atoms with Gasteiger partial charge in [-0.2, -0.15) is 5.26 Å². The third-order valence-electron chi connectivity index (χ3n) is 3.22. The number of para-hydroxylation sites is 2. The summed E-state index contributed by atoms with van der Waals surface area (Å²) < 4.78 is 20.7. The second-order valence-corrected chi connectivity index (χ2v) is 4.38. The first-order chi connectivity index (χ1) is 10.2. The molecule has 3 rings (SSSR count). The number of rotatable bonds is 2. The van der Waals surface area contributed by atoms with Gasteiger partial charge in [-0.3, -0.25) is 4.57 Å². The summed E-state index contributed by atoms with van der Waals surface area (Å²) in [7, 11) is 1.50. The molecule has 0 amide bonds. The largest absolute Gasteiger partial charge is 0.495 e. The average Bonchev–Trinajstić information content (AvgIpc) is 2.83. The Kier molecular flexibility index (Phi) is 2.95. The van der Waals surface area contributed by atoms with Crippen LogP contribution in [-0.2, 0) is 0 Å². The van der Waals surface area contributed by atoms with E-state index in [1.807, 2.05) is 0 Å². The molecule has 1 heterocycles. The molecule has 0 aliphatic carbocycles. The Labute approximate surface area is 120 Å². The number of methoxy groups -OCH3 is 1. The first kappa shape index (κ1) is 12.9. The van der Waals surface area contributed by atoms with Crippen molar-refractivity contribution < 1.29 is 9.13 Å². The van der Waals surface area contributed by atoms with E-state index in [0.29, 0.717) is 22.5 Å². The summed E-state index contributed by atoms with van der Waals surface area (Å²) in [6.07, 6.45) is 0. The zero-order valence-electron chi connectivity index (χ0n) is 11.2. The first-order valence-corrected chi connectivity index (χ1v) is 6.17. The number of nitrogens with two attached hydrogens (primary N) is 1. The number of nitrogen functional groups attached to an aromatic ring is 1. The summed E-state index contributed by atoms with van der Waals surface area (Å²) in [5.41, 5.74) is 7.38. The third kappa shape index (κ3) is 1.87. The molecule has 0 aliphatic rings. The van der Waals surface area contributed by atoms with E-state index in [1.54, 1.807) is 30.3 Å². The van der Waals surface area contributed by atoms with Crippen molar-refractivity contribution in [3.8, 4) is 17.5 Å². The van der Waals surface area contributed by atoms with Crippen LogP contribution in [0.2, 0.25) is 0 Å². The van der Waals surface area contributed by atoms with E-state index in [-0.39, 0.29) is 11.5 Å². The van der Waals surface area contributed by atoms with E-state index < -0.39 is 5.82 Å². The predicted octanol–water partition coefficient (Wildman–Crippen LogP) is 2.63. The number of nitriles is 1. The number of nitrogens with zero attached hydrogens (tertiary/aromatic N) is 3. The number of aromatic nitrogens is 2. The fourth-order valence-electron chi connectivity index (χ4n) is 2.33. The van der Waals surface area contributed by atoms with E-state index in [2.05, 4.69) is 11.1 Å². The van der Waals surface area contributed by atoms with E-state index in [1.165, 1.54) is 17.7 Å². The number of imidazole rings is 1. The zero-order valence-corrected chi connectivity index (χ0v) is 11.2. The number of benzene rings is 2. The lowest BCUT2D eigenvalue weighted by molar-refractivity contribution is 0.413. The van der Waals surface area contributed by atoms with Crippen molar-refractivity contribution in [3.63, 3.8) is 0 Å². The Hall–Kier alpha value is -3.07.